The maximum Gasteiger partial charge on any atom is 0.238 e. The topological polar surface area (TPSA) is 52.8 Å². The maximum absolute atomic E-state index is 7.01. The lowest BCUT2D eigenvalue weighted by molar-refractivity contribution is 0.437. The van der Waals surface area contributed by atoms with Crippen molar-refractivity contribution >= 4 is 38.2 Å². The summed E-state index contributed by atoms with van der Waals surface area (Å²) in [5, 5.41) is 4.44. The molecule has 2 aromatic heterocycles. The summed E-state index contributed by atoms with van der Waals surface area (Å²) in [5.41, 5.74) is 12.9. The number of nitrogens with zero attached hydrogens (tertiary/aromatic N) is 4. The van der Waals surface area contributed by atoms with Crippen LogP contribution in [0.3, 0.4) is 0 Å². The summed E-state index contributed by atoms with van der Waals surface area (Å²) in [6.07, 6.45) is 8.54. The van der Waals surface area contributed by atoms with Crippen LogP contribution in [0, 0.1) is 0 Å². The Morgan fingerprint density at radius 3 is 1.93 bits per heavy atom. The molecule has 3 aliphatic rings. The molecule has 2 aliphatic carbocycles. The van der Waals surface area contributed by atoms with Gasteiger partial charge in [0.1, 0.15) is 11.5 Å². The smallest absolute Gasteiger partial charge is 0.238 e. The van der Waals surface area contributed by atoms with Crippen LogP contribution < -0.4 is 4.74 Å². The first kappa shape index (κ1) is 34.0. The Labute approximate surface area is 352 Å². The van der Waals surface area contributed by atoms with E-state index < -0.39 is 5.41 Å². The Balaban J connectivity index is 1.13. The van der Waals surface area contributed by atoms with E-state index in [1.165, 1.54) is 27.8 Å². The van der Waals surface area contributed by atoms with Crippen LogP contribution in [-0.4, -0.2) is 19.5 Å². The Hall–Kier alpha value is -7.89. The maximum atomic E-state index is 7.01. The van der Waals surface area contributed by atoms with E-state index in [-0.39, 0.29) is 0 Å². The standard InChI is InChI=1S/C56H36N4O/c1-3-15-35(16-4-1)36-27-29-39(30-28-36)54-57-53(38-18-5-2-6-19-38)58-55(59-54)60-49-34-48-51(33-44(49)43-32-31-37-17-7-8-20-40(37)52(43)60)61-50-26-14-13-25-47(50)56(48)45-23-11-9-21-41(45)42-22-10-12-24-46(42)56/h1,3-5,7-34H,2,6H2. The first-order chi connectivity index (χ1) is 30.2. The highest BCUT2D eigenvalue weighted by molar-refractivity contribution is 6.19. The van der Waals surface area contributed by atoms with Gasteiger partial charge in [0, 0.05) is 38.4 Å². The molecule has 10 aromatic rings. The minimum absolute atomic E-state index is 0.571. The van der Waals surface area contributed by atoms with Gasteiger partial charge in [-0.25, -0.2) is 4.98 Å². The van der Waals surface area contributed by atoms with Crippen molar-refractivity contribution in [3.63, 3.8) is 0 Å². The van der Waals surface area contributed by atoms with Crippen molar-refractivity contribution < 1.29 is 4.74 Å². The van der Waals surface area contributed by atoms with Crippen molar-refractivity contribution in [1.82, 2.24) is 19.5 Å². The van der Waals surface area contributed by atoms with E-state index in [2.05, 4.69) is 193 Å². The summed E-state index contributed by atoms with van der Waals surface area (Å²) >= 11 is 0. The van der Waals surface area contributed by atoms with Gasteiger partial charge in [-0.2, -0.15) is 9.97 Å². The Morgan fingerprint density at radius 2 is 1.15 bits per heavy atom. The van der Waals surface area contributed by atoms with E-state index in [0.29, 0.717) is 17.6 Å². The third kappa shape index (κ3) is 4.92. The lowest BCUT2D eigenvalue weighted by Gasteiger charge is -2.39. The second-order valence-electron chi connectivity index (χ2n) is 16.2. The second-order valence-corrected chi connectivity index (χ2v) is 16.2. The van der Waals surface area contributed by atoms with Crippen molar-refractivity contribution in [2.45, 2.75) is 18.3 Å². The van der Waals surface area contributed by atoms with E-state index in [0.717, 1.165) is 84.7 Å². The fourth-order valence-corrected chi connectivity index (χ4v) is 10.3. The first-order valence-corrected chi connectivity index (χ1v) is 21.0. The summed E-state index contributed by atoms with van der Waals surface area (Å²) in [7, 11) is 0. The molecular formula is C56H36N4O. The molecule has 0 unspecified atom stereocenters. The molecule has 0 fully saturated rings. The number of rotatable bonds is 4. The van der Waals surface area contributed by atoms with Crippen LogP contribution in [0.2, 0.25) is 0 Å². The van der Waals surface area contributed by atoms with Gasteiger partial charge in [-0.05, 0) is 69.8 Å². The minimum Gasteiger partial charge on any atom is -0.457 e. The lowest BCUT2D eigenvalue weighted by atomic mass is 9.66. The first-order valence-electron chi connectivity index (χ1n) is 21.0. The Morgan fingerprint density at radius 1 is 0.475 bits per heavy atom. The highest BCUT2D eigenvalue weighted by Crippen LogP contribution is 2.62. The molecule has 5 nitrogen and oxygen atoms in total. The molecule has 0 amide bonds. The summed E-state index contributed by atoms with van der Waals surface area (Å²) in [5.74, 6) is 3.57. The van der Waals surface area contributed by atoms with Crippen molar-refractivity contribution in [2.75, 3.05) is 0 Å². The molecular weight excluding hydrogens is 745 g/mol. The number of hydrogen-bond acceptors (Lipinski definition) is 4. The molecule has 1 spiro atoms. The van der Waals surface area contributed by atoms with Gasteiger partial charge in [-0.3, -0.25) is 4.57 Å². The fraction of sp³-hybridized carbons (Fsp3) is 0.0536. The predicted octanol–water partition coefficient (Wildman–Crippen LogP) is 13.7. The monoisotopic (exact) mass is 780 g/mol. The molecule has 0 bridgehead atoms. The molecule has 0 atom stereocenters. The molecule has 8 aromatic carbocycles. The highest BCUT2D eigenvalue weighted by atomic mass is 16.5. The third-order valence-corrected chi connectivity index (χ3v) is 12.9. The molecule has 3 heterocycles. The molecule has 13 rings (SSSR count). The molecule has 286 valence electrons. The van der Waals surface area contributed by atoms with Crippen LogP contribution in [-0.2, 0) is 5.41 Å². The SMILES string of the molecule is C1=CC(c2nc(-c3ccc(-c4ccccc4)cc3)nc(-n3c4cc5c(cc4c4ccc6ccccc6c43)Oc3ccccc3C53c4ccccc4-c4ccccc43)n2)=CCC1. The van der Waals surface area contributed by atoms with Crippen molar-refractivity contribution in [3.05, 3.63) is 222 Å². The van der Waals surface area contributed by atoms with Gasteiger partial charge in [0.2, 0.25) is 5.95 Å². The molecule has 0 radical (unpaired) electrons. The molecule has 0 saturated carbocycles. The molecule has 0 saturated heterocycles. The number of allylic oxidation sites excluding steroid dienone is 4. The zero-order valence-electron chi connectivity index (χ0n) is 33.1. The predicted molar refractivity (Wildman–Crippen MR) is 246 cm³/mol. The van der Waals surface area contributed by atoms with Crippen LogP contribution in [0.25, 0.3) is 77.7 Å². The summed E-state index contributed by atoms with van der Waals surface area (Å²) < 4.78 is 9.29. The number of ether oxygens (including phenoxy) is 1. The van der Waals surface area contributed by atoms with Gasteiger partial charge in [0.05, 0.1) is 16.4 Å². The zero-order valence-corrected chi connectivity index (χ0v) is 33.1. The van der Waals surface area contributed by atoms with Crippen molar-refractivity contribution in [1.29, 1.82) is 0 Å². The lowest BCUT2D eigenvalue weighted by Crippen LogP contribution is -2.32. The summed E-state index contributed by atoms with van der Waals surface area (Å²) in [4.78, 5) is 16.0. The average Bonchev–Trinajstić information content (AvgIpc) is 3.82. The van der Waals surface area contributed by atoms with Crippen molar-refractivity contribution in [2.24, 2.45) is 0 Å². The Bertz CT molecular complexity index is 3460. The van der Waals surface area contributed by atoms with E-state index in [1.807, 2.05) is 6.07 Å². The van der Waals surface area contributed by atoms with Gasteiger partial charge in [-0.1, -0.05) is 176 Å². The van der Waals surface area contributed by atoms with E-state index in [9.17, 15) is 0 Å². The van der Waals surface area contributed by atoms with Crippen LogP contribution in [0.15, 0.2) is 194 Å². The average molecular weight is 781 g/mol. The van der Waals surface area contributed by atoms with Gasteiger partial charge < -0.3 is 4.74 Å². The van der Waals surface area contributed by atoms with E-state index in [1.54, 1.807) is 0 Å². The van der Waals surface area contributed by atoms with Gasteiger partial charge in [0.15, 0.2) is 11.6 Å². The second kappa shape index (κ2) is 13.1. The van der Waals surface area contributed by atoms with E-state index in [4.69, 9.17) is 19.7 Å². The third-order valence-electron chi connectivity index (χ3n) is 12.9. The fourth-order valence-electron chi connectivity index (χ4n) is 10.3. The van der Waals surface area contributed by atoms with Crippen molar-refractivity contribution in [3.8, 4) is 51.1 Å². The molecule has 0 N–H and O–H groups in total. The van der Waals surface area contributed by atoms with Gasteiger partial charge in [0.25, 0.3) is 0 Å². The molecule has 61 heavy (non-hydrogen) atoms. The molecule has 5 heteroatoms. The Kier molecular flexibility index (Phi) is 7.28. The summed E-state index contributed by atoms with van der Waals surface area (Å²) in [6, 6.07) is 63.0. The number of hydrogen-bond donors (Lipinski definition) is 0. The van der Waals surface area contributed by atoms with Gasteiger partial charge >= 0.3 is 0 Å². The zero-order chi connectivity index (χ0) is 40.1. The number of para-hydroxylation sites is 1. The number of benzene rings is 8. The number of aromatic nitrogens is 4. The molecule has 1 aliphatic heterocycles. The van der Waals surface area contributed by atoms with E-state index >= 15 is 0 Å². The van der Waals surface area contributed by atoms with Crippen LogP contribution >= 0.6 is 0 Å². The largest absolute Gasteiger partial charge is 0.457 e. The van der Waals surface area contributed by atoms with Gasteiger partial charge in [-0.15, -0.1) is 0 Å². The minimum atomic E-state index is -0.622. The highest BCUT2D eigenvalue weighted by Gasteiger charge is 2.51. The van der Waals surface area contributed by atoms with Crippen LogP contribution in [0.5, 0.6) is 11.5 Å². The van der Waals surface area contributed by atoms with Crippen LogP contribution in [0.1, 0.15) is 40.9 Å². The normalized spacial score (nSPS) is 14.4. The number of fused-ring (bicyclic) bond motifs is 14. The summed E-state index contributed by atoms with van der Waals surface area (Å²) in [6.45, 7) is 0. The quantitative estimate of drug-likeness (QED) is 0.178. The van der Waals surface area contributed by atoms with Crippen LogP contribution in [0.4, 0.5) is 0 Å².